The van der Waals surface area contributed by atoms with E-state index in [2.05, 4.69) is 31.5 Å². The largest absolute Gasteiger partial charge is 0.493 e. The first kappa shape index (κ1) is 22.8. The minimum Gasteiger partial charge on any atom is -0.493 e. The van der Waals surface area contributed by atoms with E-state index < -0.39 is 11.7 Å². The summed E-state index contributed by atoms with van der Waals surface area (Å²) >= 11 is 3.37. The molecule has 10 heteroatoms. The Morgan fingerprint density at radius 3 is 2.59 bits per heavy atom. The van der Waals surface area contributed by atoms with Crippen LogP contribution in [-0.2, 0) is 6.18 Å². The minimum atomic E-state index is -4.41. The lowest BCUT2D eigenvalue weighted by molar-refractivity contribution is -0.137. The van der Waals surface area contributed by atoms with Gasteiger partial charge in [-0.3, -0.25) is 4.79 Å². The van der Waals surface area contributed by atoms with Crippen LogP contribution in [0.25, 0.3) is 0 Å². The Morgan fingerprint density at radius 2 is 2.00 bits per heavy atom. The number of rotatable bonds is 9. The Kier molecular flexibility index (Phi) is 8.12. The van der Waals surface area contributed by atoms with Crippen molar-refractivity contribution in [2.45, 2.75) is 19.5 Å². The van der Waals surface area contributed by atoms with Crippen LogP contribution in [-0.4, -0.2) is 37.7 Å². The second-order valence-electron chi connectivity index (χ2n) is 5.89. The van der Waals surface area contributed by atoms with Gasteiger partial charge in [0.05, 0.1) is 23.8 Å². The van der Waals surface area contributed by atoms with Crippen LogP contribution in [0.2, 0.25) is 0 Å². The molecule has 0 bridgehead atoms. The number of carbonyl (C=O) groups excluding carboxylic acids is 1. The molecular formula is C19H21BrF3N3O3. The second-order valence-corrected chi connectivity index (χ2v) is 6.74. The molecule has 1 aromatic carbocycles. The minimum absolute atomic E-state index is 0.278. The Bertz CT molecular complexity index is 830. The zero-order chi connectivity index (χ0) is 21.4. The highest BCUT2D eigenvalue weighted by Crippen LogP contribution is 2.36. The van der Waals surface area contributed by atoms with Gasteiger partial charge in [-0.25, -0.2) is 4.98 Å². The van der Waals surface area contributed by atoms with E-state index >= 15 is 0 Å². The first-order chi connectivity index (χ1) is 13.8. The van der Waals surface area contributed by atoms with Crippen molar-refractivity contribution in [2.24, 2.45) is 0 Å². The quantitative estimate of drug-likeness (QED) is 0.522. The smallest absolute Gasteiger partial charge is 0.417 e. The zero-order valence-corrected chi connectivity index (χ0v) is 17.5. The van der Waals surface area contributed by atoms with Crippen LogP contribution in [0.3, 0.4) is 0 Å². The molecule has 1 heterocycles. The molecule has 2 N–H and O–H groups in total. The molecule has 6 nitrogen and oxygen atoms in total. The lowest BCUT2D eigenvalue weighted by Gasteiger charge is -2.13. The molecule has 0 unspecified atom stereocenters. The number of anilines is 1. The van der Waals surface area contributed by atoms with Gasteiger partial charge in [0, 0.05) is 24.8 Å². The first-order valence-corrected chi connectivity index (χ1v) is 9.61. The summed E-state index contributed by atoms with van der Waals surface area (Å²) < 4.78 is 48.9. The van der Waals surface area contributed by atoms with E-state index in [-0.39, 0.29) is 5.91 Å². The maximum absolute atomic E-state index is 12.5. The SMILES string of the molecule is CCOc1c(Br)cc(C(=O)NCCCNc2ccc(C(F)(F)F)cn2)cc1OC. The third kappa shape index (κ3) is 6.52. The zero-order valence-electron chi connectivity index (χ0n) is 15.9. The molecule has 2 rings (SSSR count). The summed E-state index contributed by atoms with van der Waals surface area (Å²) in [4.78, 5) is 16.1. The first-order valence-electron chi connectivity index (χ1n) is 8.82. The van der Waals surface area contributed by atoms with Crippen molar-refractivity contribution in [1.29, 1.82) is 0 Å². The van der Waals surface area contributed by atoms with Crippen LogP contribution in [0, 0.1) is 0 Å². The van der Waals surface area contributed by atoms with E-state index in [1.165, 1.54) is 13.2 Å². The highest BCUT2D eigenvalue weighted by molar-refractivity contribution is 9.10. The highest BCUT2D eigenvalue weighted by atomic mass is 79.9. The van der Waals surface area contributed by atoms with Crippen molar-refractivity contribution >= 4 is 27.7 Å². The van der Waals surface area contributed by atoms with E-state index in [1.807, 2.05) is 6.92 Å². The van der Waals surface area contributed by atoms with E-state index in [4.69, 9.17) is 9.47 Å². The topological polar surface area (TPSA) is 72.5 Å². The molecule has 2 aromatic rings. The van der Waals surface area contributed by atoms with Gasteiger partial charge in [-0.2, -0.15) is 13.2 Å². The fourth-order valence-electron chi connectivity index (χ4n) is 2.41. The fraction of sp³-hybridized carbons (Fsp3) is 0.368. The molecule has 0 radical (unpaired) electrons. The lowest BCUT2D eigenvalue weighted by Crippen LogP contribution is -2.26. The number of nitrogens with one attached hydrogen (secondary N) is 2. The monoisotopic (exact) mass is 475 g/mol. The number of hydrogen-bond acceptors (Lipinski definition) is 5. The highest BCUT2D eigenvalue weighted by Gasteiger charge is 2.30. The molecular weight excluding hydrogens is 455 g/mol. The second kappa shape index (κ2) is 10.3. The van der Waals surface area contributed by atoms with Crippen LogP contribution < -0.4 is 20.1 Å². The third-order valence-electron chi connectivity index (χ3n) is 3.82. The number of aromatic nitrogens is 1. The molecule has 0 aliphatic carbocycles. The van der Waals surface area contributed by atoms with Crippen molar-refractivity contribution in [3.8, 4) is 11.5 Å². The Morgan fingerprint density at radius 1 is 1.24 bits per heavy atom. The predicted molar refractivity (Wildman–Crippen MR) is 107 cm³/mol. The number of amides is 1. The average molecular weight is 476 g/mol. The molecule has 0 aliphatic heterocycles. The number of ether oxygens (including phenoxy) is 2. The van der Waals surface area contributed by atoms with Gasteiger partial charge in [-0.15, -0.1) is 0 Å². The number of hydrogen-bond donors (Lipinski definition) is 2. The van der Waals surface area contributed by atoms with Crippen LogP contribution in [0.15, 0.2) is 34.9 Å². The number of pyridine rings is 1. The number of halogens is 4. The number of carbonyl (C=O) groups is 1. The molecule has 29 heavy (non-hydrogen) atoms. The van der Waals surface area contributed by atoms with Gasteiger partial charge in [-0.05, 0) is 53.5 Å². The maximum Gasteiger partial charge on any atom is 0.417 e. The van der Waals surface area contributed by atoms with Crippen molar-refractivity contribution in [1.82, 2.24) is 10.3 Å². The normalized spacial score (nSPS) is 11.1. The standard InChI is InChI=1S/C19H21BrF3N3O3/c1-3-29-17-14(20)9-12(10-15(17)28-2)18(27)25-8-4-7-24-16-6-5-13(11-26-16)19(21,22)23/h5-6,9-11H,3-4,7-8H2,1-2H3,(H,24,26)(H,25,27). The molecule has 0 fully saturated rings. The van der Waals surface area contributed by atoms with Crippen molar-refractivity contribution in [3.63, 3.8) is 0 Å². The van der Waals surface area contributed by atoms with Crippen LogP contribution in [0.5, 0.6) is 11.5 Å². The Labute approximate surface area is 174 Å². The molecule has 0 spiro atoms. The molecule has 0 saturated carbocycles. The summed E-state index contributed by atoms with van der Waals surface area (Å²) in [7, 11) is 1.49. The van der Waals surface area contributed by atoms with Crippen molar-refractivity contribution in [2.75, 3.05) is 32.1 Å². The molecule has 158 valence electrons. The number of nitrogens with zero attached hydrogens (tertiary/aromatic N) is 1. The predicted octanol–water partition coefficient (Wildman–Crippen LogP) is 4.50. The fourth-order valence-corrected chi connectivity index (χ4v) is 2.97. The summed E-state index contributed by atoms with van der Waals surface area (Å²) in [5, 5.41) is 5.69. The van der Waals surface area contributed by atoms with Gasteiger partial charge in [0.2, 0.25) is 0 Å². The third-order valence-corrected chi connectivity index (χ3v) is 4.41. The van der Waals surface area contributed by atoms with Gasteiger partial charge in [-0.1, -0.05) is 0 Å². The summed E-state index contributed by atoms with van der Waals surface area (Å²) in [6.07, 6.45) is -3.07. The molecule has 0 atom stereocenters. The van der Waals surface area contributed by atoms with Crippen LogP contribution in [0.1, 0.15) is 29.3 Å². The maximum atomic E-state index is 12.5. The van der Waals surface area contributed by atoms with Gasteiger partial charge >= 0.3 is 6.18 Å². The van der Waals surface area contributed by atoms with Crippen molar-refractivity contribution in [3.05, 3.63) is 46.1 Å². The Hall–Kier alpha value is -2.49. The van der Waals surface area contributed by atoms with Gasteiger partial charge in [0.1, 0.15) is 5.82 Å². The molecule has 0 aliphatic rings. The number of methoxy groups -OCH3 is 1. The average Bonchev–Trinajstić information content (AvgIpc) is 2.68. The van der Waals surface area contributed by atoms with E-state index in [1.54, 1.807) is 12.1 Å². The summed E-state index contributed by atoms with van der Waals surface area (Å²) in [6, 6.07) is 5.47. The number of alkyl halides is 3. The molecule has 1 amide bonds. The van der Waals surface area contributed by atoms with E-state index in [0.717, 1.165) is 12.3 Å². The van der Waals surface area contributed by atoms with Gasteiger partial charge in [0.25, 0.3) is 5.91 Å². The van der Waals surface area contributed by atoms with E-state index in [9.17, 15) is 18.0 Å². The molecule has 1 aromatic heterocycles. The summed E-state index contributed by atoms with van der Waals surface area (Å²) in [6.45, 7) is 3.12. The van der Waals surface area contributed by atoms with Gasteiger partial charge < -0.3 is 20.1 Å². The van der Waals surface area contributed by atoms with E-state index in [0.29, 0.717) is 53.5 Å². The van der Waals surface area contributed by atoms with Crippen molar-refractivity contribution < 1.29 is 27.4 Å². The lowest BCUT2D eigenvalue weighted by atomic mass is 10.2. The summed E-state index contributed by atoms with van der Waals surface area (Å²) in [5.74, 6) is 1.03. The number of benzene rings is 1. The van der Waals surface area contributed by atoms with Crippen LogP contribution >= 0.6 is 15.9 Å². The van der Waals surface area contributed by atoms with Crippen LogP contribution in [0.4, 0.5) is 19.0 Å². The van der Waals surface area contributed by atoms with Gasteiger partial charge in [0.15, 0.2) is 11.5 Å². The summed E-state index contributed by atoms with van der Waals surface area (Å²) in [5.41, 5.74) is -0.387. The Balaban J connectivity index is 1.82. The molecule has 0 saturated heterocycles.